The van der Waals surface area contributed by atoms with E-state index in [0.29, 0.717) is 0 Å². The summed E-state index contributed by atoms with van der Waals surface area (Å²) in [4.78, 5) is 20.3. The number of nitro benzene ring substituents is 1. The first-order chi connectivity index (χ1) is 6.45. The van der Waals surface area contributed by atoms with Gasteiger partial charge in [0.25, 0.3) is 5.69 Å². The number of hydrogen-bond acceptors (Lipinski definition) is 4. The summed E-state index contributed by atoms with van der Waals surface area (Å²) >= 11 is 0. The molecule has 7 heteroatoms. The molecule has 15 heavy (non-hydrogen) atoms. The van der Waals surface area contributed by atoms with Crippen LogP contribution in [0.5, 0.6) is 5.75 Å². The van der Waals surface area contributed by atoms with Crippen molar-refractivity contribution in [1.82, 2.24) is 0 Å². The van der Waals surface area contributed by atoms with Crippen LogP contribution in [0.25, 0.3) is 0 Å². The molecule has 0 aliphatic rings. The second-order valence-corrected chi connectivity index (χ2v) is 2.65. The fourth-order valence-corrected chi connectivity index (χ4v) is 1.10. The molecule has 0 aliphatic carbocycles. The van der Waals surface area contributed by atoms with E-state index >= 15 is 0 Å². The van der Waals surface area contributed by atoms with Gasteiger partial charge in [-0.2, -0.15) is 0 Å². The van der Waals surface area contributed by atoms with Crippen LogP contribution in [0.1, 0.15) is 15.9 Å². The summed E-state index contributed by atoms with van der Waals surface area (Å²) in [6.07, 6.45) is 0. The van der Waals surface area contributed by atoms with Gasteiger partial charge in [0.15, 0.2) is 0 Å². The Hall–Kier alpha value is -1.11. The largest absolute Gasteiger partial charge is 1.00 e. The maximum absolute atomic E-state index is 11.0. The van der Waals surface area contributed by atoms with Crippen molar-refractivity contribution in [1.29, 1.82) is 0 Å². The minimum absolute atomic E-state index is 0. The molecule has 0 amide bonds. The summed E-state index contributed by atoms with van der Waals surface area (Å²) in [5.74, 6) is -1.99. The van der Waals surface area contributed by atoms with E-state index in [-0.39, 0.29) is 35.1 Å². The summed E-state index contributed by atoms with van der Waals surface area (Å²) in [5, 5.41) is 30.1. The average Bonchev–Trinajstić information content (AvgIpc) is 2.08. The molecule has 74 valence electrons. The van der Waals surface area contributed by atoms with Gasteiger partial charge in [0.05, 0.1) is 4.92 Å². The number of rotatable bonds is 2. The van der Waals surface area contributed by atoms with Gasteiger partial charge in [-0.15, -0.1) is 5.75 Å². The van der Waals surface area contributed by atoms with Crippen molar-refractivity contribution < 1.29 is 49.5 Å². The third-order valence-corrected chi connectivity index (χ3v) is 1.80. The van der Waals surface area contributed by atoms with Crippen molar-refractivity contribution >= 4 is 11.7 Å². The molecule has 1 aromatic carbocycles. The van der Waals surface area contributed by atoms with Gasteiger partial charge in [-0.25, -0.2) is 4.79 Å². The quantitative estimate of drug-likeness (QED) is 0.341. The smallest absolute Gasteiger partial charge is 0.872 e. The normalized spacial score (nSPS) is 9.13. The van der Waals surface area contributed by atoms with Crippen LogP contribution in [0.4, 0.5) is 5.69 Å². The van der Waals surface area contributed by atoms with E-state index in [2.05, 4.69) is 0 Å². The van der Waals surface area contributed by atoms with E-state index in [1.54, 1.807) is 0 Å². The van der Waals surface area contributed by atoms with E-state index in [9.17, 15) is 20.0 Å². The molecule has 1 rings (SSSR count). The van der Waals surface area contributed by atoms with Crippen LogP contribution < -0.4 is 34.7 Å². The number of benzene rings is 1. The maximum Gasteiger partial charge on any atom is 1.00 e. The summed E-state index contributed by atoms with van der Waals surface area (Å²) in [6, 6.07) is 1.89. The monoisotopic (exact) mass is 219 g/mol. The van der Waals surface area contributed by atoms with Gasteiger partial charge in [0, 0.05) is 6.07 Å². The van der Waals surface area contributed by atoms with Gasteiger partial charge in [0.1, 0.15) is 5.56 Å². The molecule has 0 saturated heterocycles. The van der Waals surface area contributed by atoms with Crippen LogP contribution >= 0.6 is 0 Å². The molecule has 0 radical (unpaired) electrons. The van der Waals surface area contributed by atoms with Gasteiger partial charge in [-0.1, -0.05) is 6.07 Å². The second-order valence-electron chi connectivity index (χ2n) is 2.65. The Morgan fingerprint density at radius 3 is 2.40 bits per heavy atom. The van der Waals surface area contributed by atoms with Crippen LogP contribution in [0, 0.1) is 17.0 Å². The molecule has 0 aliphatic heterocycles. The van der Waals surface area contributed by atoms with Gasteiger partial charge < -0.3 is 10.2 Å². The first-order valence-corrected chi connectivity index (χ1v) is 3.63. The number of carboxylic acids is 1. The van der Waals surface area contributed by atoms with Crippen LogP contribution in [-0.2, 0) is 0 Å². The molecule has 0 aromatic heterocycles. The summed E-state index contributed by atoms with van der Waals surface area (Å²) in [5.41, 5.74) is -1.22. The van der Waals surface area contributed by atoms with E-state index < -0.39 is 27.9 Å². The number of carboxylic acid groups (broad SMARTS) is 1. The Morgan fingerprint density at radius 2 is 2.00 bits per heavy atom. The molecule has 0 saturated carbocycles. The number of hydrogen-bond donors (Lipinski definition) is 1. The van der Waals surface area contributed by atoms with Crippen molar-refractivity contribution in [2.45, 2.75) is 6.92 Å². The van der Waals surface area contributed by atoms with E-state index in [4.69, 9.17) is 5.11 Å². The topological polar surface area (TPSA) is 104 Å². The first-order valence-electron chi connectivity index (χ1n) is 3.63. The fourth-order valence-electron chi connectivity index (χ4n) is 1.10. The van der Waals surface area contributed by atoms with Crippen LogP contribution in [0.15, 0.2) is 12.1 Å². The zero-order chi connectivity index (χ0) is 10.9. The number of aromatic carboxylic acids is 1. The molecule has 0 bridgehead atoms. The number of nitro groups is 1. The van der Waals surface area contributed by atoms with Crippen LogP contribution in [0.2, 0.25) is 0 Å². The summed E-state index contributed by atoms with van der Waals surface area (Å²) in [6.45, 7) is 1.25. The fraction of sp³-hybridized carbons (Fsp3) is 0.125. The standard InChI is InChI=1S/C8H7NO5.Na/c1-4-6(10)3-2-5(9(13)14)7(4)8(11)12;/h2-3,10H,1H3,(H,11,12);/q;+1/p-1. The van der Waals surface area contributed by atoms with Crippen molar-refractivity contribution in [3.8, 4) is 5.75 Å². The Morgan fingerprint density at radius 1 is 1.47 bits per heavy atom. The molecular weight excluding hydrogens is 213 g/mol. The Kier molecular flexibility index (Phi) is 4.73. The minimum Gasteiger partial charge on any atom is -0.872 e. The van der Waals surface area contributed by atoms with Crippen molar-refractivity contribution in [3.63, 3.8) is 0 Å². The molecule has 0 atom stereocenters. The molecule has 0 fully saturated rings. The maximum atomic E-state index is 11.0. The molecule has 1 N–H and O–H groups in total. The predicted molar refractivity (Wildman–Crippen MR) is 44.2 cm³/mol. The Bertz CT molecular complexity index is 418. The Balaban J connectivity index is 0.00000196. The number of nitrogens with zero attached hydrogens (tertiary/aromatic N) is 1. The molecule has 6 nitrogen and oxygen atoms in total. The van der Waals surface area contributed by atoms with Crippen molar-refractivity contribution in [3.05, 3.63) is 33.4 Å². The zero-order valence-corrected chi connectivity index (χ0v) is 10.2. The predicted octanol–water partition coefficient (Wildman–Crippen LogP) is -2.32. The summed E-state index contributed by atoms with van der Waals surface area (Å²) < 4.78 is 0. The van der Waals surface area contributed by atoms with E-state index in [1.807, 2.05) is 0 Å². The summed E-state index contributed by atoms with van der Waals surface area (Å²) in [7, 11) is 0. The van der Waals surface area contributed by atoms with Crippen molar-refractivity contribution in [2.24, 2.45) is 0 Å². The molecule has 0 heterocycles. The van der Waals surface area contributed by atoms with Gasteiger partial charge >= 0.3 is 35.5 Å². The van der Waals surface area contributed by atoms with Gasteiger partial charge in [-0.3, -0.25) is 10.1 Å². The second kappa shape index (κ2) is 5.11. The minimum atomic E-state index is -1.47. The molecule has 0 spiro atoms. The molecule has 1 aromatic rings. The van der Waals surface area contributed by atoms with Gasteiger partial charge in [-0.05, 0) is 12.5 Å². The van der Waals surface area contributed by atoms with Crippen LogP contribution in [-0.4, -0.2) is 16.0 Å². The first kappa shape index (κ1) is 13.9. The molecule has 0 unspecified atom stereocenters. The van der Waals surface area contributed by atoms with E-state index in [0.717, 1.165) is 12.1 Å². The van der Waals surface area contributed by atoms with E-state index in [1.165, 1.54) is 6.92 Å². The molecular formula is C8H6NNaO5. The van der Waals surface area contributed by atoms with Crippen LogP contribution in [0.3, 0.4) is 0 Å². The third kappa shape index (κ3) is 2.68. The third-order valence-electron chi connectivity index (χ3n) is 1.80. The zero-order valence-electron chi connectivity index (χ0n) is 8.18. The van der Waals surface area contributed by atoms with Gasteiger partial charge in [0.2, 0.25) is 0 Å². The average molecular weight is 219 g/mol. The SMILES string of the molecule is Cc1c([O-])ccc([N+](=O)[O-])c1C(=O)O.[Na+]. The number of carbonyl (C=O) groups is 1. The Labute approximate surface area is 107 Å². The van der Waals surface area contributed by atoms with Crippen molar-refractivity contribution in [2.75, 3.05) is 0 Å².